The Labute approximate surface area is 142 Å². The van der Waals surface area contributed by atoms with E-state index >= 15 is 0 Å². The van der Waals surface area contributed by atoms with Gasteiger partial charge in [-0.05, 0) is 37.1 Å². The number of hydrogen-bond donors (Lipinski definition) is 1. The van der Waals surface area contributed by atoms with Crippen LogP contribution < -0.4 is 0 Å². The maximum absolute atomic E-state index is 12.8. The number of aromatic nitrogens is 2. The molecule has 1 fully saturated rings. The summed E-state index contributed by atoms with van der Waals surface area (Å²) in [5.41, 5.74) is 0.974. The summed E-state index contributed by atoms with van der Waals surface area (Å²) >= 11 is 9.41. The van der Waals surface area contributed by atoms with E-state index < -0.39 is 10.0 Å². The van der Waals surface area contributed by atoms with Gasteiger partial charge in [-0.2, -0.15) is 9.40 Å². The van der Waals surface area contributed by atoms with Crippen molar-refractivity contribution in [2.75, 3.05) is 13.1 Å². The predicted octanol–water partition coefficient (Wildman–Crippen LogP) is 3.39. The summed E-state index contributed by atoms with van der Waals surface area (Å²) in [7, 11) is -3.59. The molecule has 3 rings (SSSR count). The van der Waals surface area contributed by atoms with Gasteiger partial charge in [0.15, 0.2) is 0 Å². The Hall–Kier alpha value is -0.890. The second-order valence-electron chi connectivity index (χ2n) is 5.29. The van der Waals surface area contributed by atoms with E-state index in [1.165, 1.54) is 4.31 Å². The molecular formula is C14H15BrClN3O2S. The van der Waals surface area contributed by atoms with E-state index in [4.69, 9.17) is 11.6 Å². The summed E-state index contributed by atoms with van der Waals surface area (Å²) in [6.07, 6.45) is 3.45. The number of benzene rings is 1. The molecule has 0 spiro atoms. The van der Waals surface area contributed by atoms with Crippen LogP contribution in [0.25, 0.3) is 0 Å². The first kappa shape index (κ1) is 16.0. The highest BCUT2D eigenvalue weighted by molar-refractivity contribution is 9.10. The zero-order chi connectivity index (χ0) is 15.7. The zero-order valence-corrected chi connectivity index (χ0v) is 14.8. The van der Waals surface area contributed by atoms with Gasteiger partial charge in [0.2, 0.25) is 10.0 Å². The van der Waals surface area contributed by atoms with E-state index in [0.717, 1.165) is 23.0 Å². The van der Waals surface area contributed by atoms with Crippen LogP contribution in [-0.4, -0.2) is 36.0 Å². The number of nitrogens with zero attached hydrogens (tertiary/aromatic N) is 2. The Balaban J connectivity index is 1.88. The zero-order valence-electron chi connectivity index (χ0n) is 11.7. The van der Waals surface area contributed by atoms with Crippen molar-refractivity contribution < 1.29 is 8.42 Å². The molecule has 1 saturated heterocycles. The van der Waals surface area contributed by atoms with Gasteiger partial charge in [0.1, 0.15) is 4.90 Å². The van der Waals surface area contributed by atoms with Crippen molar-refractivity contribution in [3.05, 3.63) is 45.7 Å². The average Bonchev–Trinajstić information content (AvgIpc) is 3.01. The standard InChI is InChI=1S/C14H15BrClN3O2S/c15-11-3-4-14(12(16)8-11)22(20,21)19-7-1-2-10(9-19)13-5-6-17-18-13/h3-6,8,10H,1-2,7,9H2,(H,17,18). The lowest BCUT2D eigenvalue weighted by atomic mass is 9.96. The van der Waals surface area contributed by atoms with Gasteiger partial charge in [0.05, 0.1) is 5.02 Å². The SMILES string of the molecule is O=S(=O)(c1ccc(Br)cc1Cl)N1CCCC(c2ccn[nH]2)C1. The normalized spacial score (nSPS) is 20.2. The minimum atomic E-state index is -3.59. The first-order valence-electron chi connectivity index (χ1n) is 6.93. The lowest BCUT2D eigenvalue weighted by Gasteiger charge is -2.31. The highest BCUT2D eigenvalue weighted by Gasteiger charge is 2.32. The average molecular weight is 405 g/mol. The fourth-order valence-corrected chi connectivity index (χ4v) is 5.27. The van der Waals surface area contributed by atoms with Gasteiger partial charge in [-0.1, -0.05) is 27.5 Å². The topological polar surface area (TPSA) is 66.1 Å². The van der Waals surface area contributed by atoms with Crippen LogP contribution in [-0.2, 0) is 10.0 Å². The molecule has 2 aromatic rings. The highest BCUT2D eigenvalue weighted by atomic mass is 79.9. The van der Waals surface area contributed by atoms with Crippen LogP contribution in [0.5, 0.6) is 0 Å². The number of piperidine rings is 1. The van der Waals surface area contributed by atoms with E-state index in [2.05, 4.69) is 26.1 Å². The van der Waals surface area contributed by atoms with Crippen molar-refractivity contribution in [1.29, 1.82) is 0 Å². The molecule has 8 heteroatoms. The van der Waals surface area contributed by atoms with Crippen LogP contribution in [0.1, 0.15) is 24.5 Å². The van der Waals surface area contributed by atoms with Gasteiger partial charge >= 0.3 is 0 Å². The molecule has 0 saturated carbocycles. The third kappa shape index (κ3) is 3.08. The quantitative estimate of drug-likeness (QED) is 0.852. The molecular weight excluding hydrogens is 390 g/mol. The van der Waals surface area contributed by atoms with Crippen molar-refractivity contribution in [1.82, 2.24) is 14.5 Å². The molecule has 1 aliphatic heterocycles. The smallest absolute Gasteiger partial charge is 0.244 e. The van der Waals surface area contributed by atoms with Crippen LogP contribution >= 0.6 is 27.5 Å². The molecule has 0 amide bonds. The van der Waals surface area contributed by atoms with Crippen molar-refractivity contribution in [3.8, 4) is 0 Å². The predicted molar refractivity (Wildman–Crippen MR) is 88.5 cm³/mol. The maximum Gasteiger partial charge on any atom is 0.244 e. The molecule has 0 radical (unpaired) electrons. The summed E-state index contributed by atoms with van der Waals surface area (Å²) in [4.78, 5) is 0.155. The van der Waals surface area contributed by atoms with Crippen LogP contribution in [0.3, 0.4) is 0 Å². The third-order valence-electron chi connectivity index (χ3n) is 3.86. The van der Waals surface area contributed by atoms with Gasteiger partial charge in [-0.25, -0.2) is 8.42 Å². The molecule has 118 valence electrons. The number of hydrogen-bond acceptors (Lipinski definition) is 3. The number of aromatic amines is 1. The number of halogens is 2. The molecule has 1 aromatic heterocycles. The second-order valence-corrected chi connectivity index (χ2v) is 8.52. The lowest BCUT2D eigenvalue weighted by molar-refractivity contribution is 0.312. The van der Waals surface area contributed by atoms with Crippen molar-refractivity contribution in [2.45, 2.75) is 23.7 Å². The van der Waals surface area contributed by atoms with E-state index in [1.54, 1.807) is 24.4 Å². The minimum Gasteiger partial charge on any atom is -0.282 e. The number of H-pyrrole nitrogens is 1. The Morgan fingerprint density at radius 3 is 2.86 bits per heavy atom. The van der Waals surface area contributed by atoms with Crippen LogP contribution in [0.4, 0.5) is 0 Å². The van der Waals surface area contributed by atoms with Gasteiger partial charge in [0, 0.05) is 35.4 Å². The molecule has 5 nitrogen and oxygen atoms in total. The van der Waals surface area contributed by atoms with E-state index in [-0.39, 0.29) is 15.8 Å². The number of rotatable bonds is 3. The molecule has 1 atom stereocenters. The largest absolute Gasteiger partial charge is 0.282 e. The fourth-order valence-electron chi connectivity index (χ4n) is 2.73. The van der Waals surface area contributed by atoms with Crippen molar-refractivity contribution in [3.63, 3.8) is 0 Å². The summed E-state index contributed by atoms with van der Waals surface area (Å²) in [6.45, 7) is 0.955. The third-order valence-corrected chi connectivity index (χ3v) is 6.70. The number of sulfonamides is 1. The molecule has 1 unspecified atom stereocenters. The van der Waals surface area contributed by atoms with Crippen molar-refractivity contribution in [2.24, 2.45) is 0 Å². The molecule has 0 bridgehead atoms. The Morgan fingerprint density at radius 1 is 1.36 bits per heavy atom. The molecule has 2 heterocycles. The second kappa shape index (κ2) is 6.31. The fraction of sp³-hybridized carbons (Fsp3) is 0.357. The number of nitrogens with one attached hydrogen (secondary N) is 1. The maximum atomic E-state index is 12.8. The molecule has 0 aliphatic carbocycles. The van der Waals surface area contributed by atoms with E-state index in [0.29, 0.717) is 13.1 Å². The molecule has 1 aliphatic rings. The summed E-state index contributed by atoms with van der Waals surface area (Å²) in [5.74, 6) is 0.139. The van der Waals surface area contributed by atoms with Crippen LogP contribution in [0.15, 0.2) is 39.8 Å². The molecule has 1 aromatic carbocycles. The minimum absolute atomic E-state index is 0.139. The van der Waals surface area contributed by atoms with Crippen molar-refractivity contribution >= 4 is 37.6 Å². The van der Waals surface area contributed by atoms with Crippen LogP contribution in [0.2, 0.25) is 5.02 Å². The summed E-state index contributed by atoms with van der Waals surface area (Å²) in [6, 6.07) is 6.73. The van der Waals surface area contributed by atoms with Gasteiger partial charge in [0.25, 0.3) is 0 Å². The summed E-state index contributed by atoms with van der Waals surface area (Å²) in [5, 5.41) is 7.12. The van der Waals surface area contributed by atoms with Crippen LogP contribution in [0, 0.1) is 0 Å². The van der Waals surface area contributed by atoms with E-state index in [1.807, 2.05) is 6.07 Å². The van der Waals surface area contributed by atoms with E-state index in [9.17, 15) is 8.42 Å². The highest BCUT2D eigenvalue weighted by Crippen LogP contribution is 2.32. The van der Waals surface area contributed by atoms with Gasteiger partial charge < -0.3 is 0 Å². The Morgan fingerprint density at radius 2 is 2.18 bits per heavy atom. The molecule has 1 N–H and O–H groups in total. The Bertz CT molecular complexity index is 764. The first-order valence-corrected chi connectivity index (χ1v) is 9.54. The van der Waals surface area contributed by atoms with Gasteiger partial charge in [-0.15, -0.1) is 0 Å². The first-order chi connectivity index (χ1) is 10.5. The van der Waals surface area contributed by atoms with Gasteiger partial charge in [-0.3, -0.25) is 5.10 Å². The Kier molecular flexibility index (Phi) is 4.59. The summed E-state index contributed by atoms with van der Waals surface area (Å²) < 4.78 is 27.9. The molecule has 22 heavy (non-hydrogen) atoms. The monoisotopic (exact) mass is 403 g/mol. The lowest BCUT2D eigenvalue weighted by Crippen LogP contribution is -2.39.